The maximum Gasteiger partial charge on any atom is 0.407 e. The lowest BCUT2D eigenvalue weighted by atomic mass is 10.1. The van der Waals surface area contributed by atoms with Gasteiger partial charge in [-0.05, 0) is 67.7 Å². The molecule has 0 aliphatic carbocycles. The Labute approximate surface area is 140 Å². The lowest BCUT2D eigenvalue weighted by Crippen LogP contribution is -2.38. The van der Waals surface area contributed by atoms with Crippen LogP contribution >= 0.6 is 15.9 Å². The van der Waals surface area contributed by atoms with E-state index < -0.39 is 11.7 Å². The number of alkyl carbamates (subject to hydrolysis) is 1. The summed E-state index contributed by atoms with van der Waals surface area (Å²) in [7, 11) is 3.22. The highest BCUT2D eigenvalue weighted by Crippen LogP contribution is 2.33. The van der Waals surface area contributed by atoms with Gasteiger partial charge in [0.05, 0.1) is 18.7 Å². The molecule has 0 radical (unpaired) electrons. The van der Waals surface area contributed by atoms with Gasteiger partial charge in [0, 0.05) is 6.04 Å². The second kappa shape index (κ2) is 7.72. The average molecular weight is 374 g/mol. The highest BCUT2D eigenvalue weighted by molar-refractivity contribution is 9.10. The van der Waals surface area contributed by atoms with Crippen LogP contribution in [0.3, 0.4) is 0 Å². The summed E-state index contributed by atoms with van der Waals surface area (Å²) >= 11 is 3.43. The van der Waals surface area contributed by atoms with Crippen LogP contribution in [0.1, 0.15) is 33.3 Å². The van der Waals surface area contributed by atoms with Crippen LogP contribution in [0, 0.1) is 0 Å². The van der Waals surface area contributed by atoms with Gasteiger partial charge in [0.1, 0.15) is 17.1 Å². The lowest BCUT2D eigenvalue weighted by molar-refractivity contribution is 0.0508. The summed E-state index contributed by atoms with van der Waals surface area (Å²) in [5, 5.41) is 2.82. The molecule has 22 heavy (non-hydrogen) atoms. The number of nitrogens with one attached hydrogen (secondary N) is 1. The predicted molar refractivity (Wildman–Crippen MR) is 89.8 cm³/mol. The van der Waals surface area contributed by atoms with Gasteiger partial charge in [0.2, 0.25) is 0 Å². The molecule has 5 nitrogen and oxygen atoms in total. The highest BCUT2D eigenvalue weighted by Gasteiger charge is 2.19. The minimum atomic E-state index is -0.512. The van der Waals surface area contributed by atoms with E-state index in [4.69, 9.17) is 14.2 Å². The first-order valence-corrected chi connectivity index (χ1v) is 7.85. The smallest absolute Gasteiger partial charge is 0.407 e. The fraction of sp³-hybridized carbons (Fsp3) is 0.562. The molecule has 0 fully saturated rings. The van der Waals surface area contributed by atoms with Crippen LogP contribution in [0.4, 0.5) is 4.79 Å². The molecule has 0 saturated heterocycles. The van der Waals surface area contributed by atoms with E-state index in [-0.39, 0.29) is 6.04 Å². The van der Waals surface area contributed by atoms with Crippen LogP contribution in [0.25, 0.3) is 0 Å². The van der Waals surface area contributed by atoms with Gasteiger partial charge in [0.15, 0.2) is 0 Å². The van der Waals surface area contributed by atoms with Gasteiger partial charge in [-0.2, -0.15) is 0 Å². The molecule has 1 unspecified atom stereocenters. The van der Waals surface area contributed by atoms with Crippen molar-refractivity contribution in [1.29, 1.82) is 0 Å². The topological polar surface area (TPSA) is 56.8 Å². The summed E-state index contributed by atoms with van der Waals surface area (Å²) in [4.78, 5) is 11.8. The van der Waals surface area contributed by atoms with E-state index in [0.717, 1.165) is 21.5 Å². The molecule has 0 bridgehead atoms. The number of carbonyl (C=O) groups excluding carboxylic acids is 1. The average Bonchev–Trinajstić information content (AvgIpc) is 2.37. The van der Waals surface area contributed by atoms with Crippen LogP contribution in [0.15, 0.2) is 16.6 Å². The Morgan fingerprint density at radius 2 is 1.82 bits per heavy atom. The van der Waals surface area contributed by atoms with Crippen molar-refractivity contribution in [1.82, 2.24) is 5.32 Å². The zero-order valence-corrected chi connectivity index (χ0v) is 15.5. The van der Waals surface area contributed by atoms with E-state index >= 15 is 0 Å². The Balaban J connectivity index is 2.79. The molecule has 0 aliphatic heterocycles. The Hall–Kier alpha value is -1.43. The van der Waals surface area contributed by atoms with E-state index in [0.29, 0.717) is 6.42 Å². The SMILES string of the molecule is COc1cc(CC(C)NC(=O)OC(C)(C)C)c(OC)cc1Br. The molecule has 1 amide bonds. The number of halogens is 1. The summed E-state index contributed by atoms with van der Waals surface area (Å²) in [6.07, 6.45) is 0.175. The Morgan fingerprint density at radius 3 is 2.32 bits per heavy atom. The third kappa shape index (κ3) is 5.75. The minimum absolute atomic E-state index is 0.102. The summed E-state index contributed by atoms with van der Waals surface area (Å²) in [5.41, 5.74) is 0.439. The fourth-order valence-corrected chi connectivity index (χ4v) is 2.46. The molecule has 124 valence electrons. The van der Waals surface area contributed by atoms with Crippen molar-refractivity contribution in [2.75, 3.05) is 14.2 Å². The molecule has 1 aromatic carbocycles. The number of rotatable bonds is 5. The molecule has 0 heterocycles. The normalized spacial score (nSPS) is 12.5. The number of ether oxygens (including phenoxy) is 3. The molecule has 1 rings (SSSR count). The van der Waals surface area contributed by atoms with Crippen molar-refractivity contribution < 1.29 is 19.0 Å². The van der Waals surface area contributed by atoms with Crippen molar-refractivity contribution in [3.63, 3.8) is 0 Å². The first-order valence-electron chi connectivity index (χ1n) is 7.06. The van der Waals surface area contributed by atoms with Gasteiger partial charge in [-0.25, -0.2) is 4.79 Å². The molecule has 0 aliphatic rings. The highest BCUT2D eigenvalue weighted by atomic mass is 79.9. The van der Waals surface area contributed by atoms with Crippen LogP contribution in [-0.2, 0) is 11.2 Å². The van der Waals surface area contributed by atoms with Crippen molar-refractivity contribution in [2.24, 2.45) is 0 Å². The first-order chi connectivity index (χ1) is 10.2. The zero-order valence-electron chi connectivity index (χ0n) is 14.0. The van der Waals surface area contributed by atoms with E-state index in [1.54, 1.807) is 14.2 Å². The van der Waals surface area contributed by atoms with Gasteiger partial charge < -0.3 is 19.5 Å². The largest absolute Gasteiger partial charge is 0.496 e. The molecule has 1 aromatic rings. The first kappa shape index (κ1) is 18.6. The summed E-state index contributed by atoms with van der Waals surface area (Å²) in [5.74, 6) is 1.46. The van der Waals surface area contributed by atoms with Crippen LogP contribution in [0.5, 0.6) is 11.5 Å². The van der Waals surface area contributed by atoms with Crippen LogP contribution in [-0.4, -0.2) is 32.0 Å². The molecule has 1 atom stereocenters. The molecule has 0 aromatic heterocycles. The number of benzene rings is 1. The molecular formula is C16H24BrNO4. The monoisotopic (exact) mass is 373 g/mol. The Bertz CT molecular complexity index is 526. The van der Waals surface area contributed by atoms with Gasteiger partial charge in [-0.15, -0.1) is 0 Å². The molecular weight excluding hydrogens is 350 g/mol. The summed E-state index contributed by atoms with van der Waals surface area (Å²) < 4.78 is 16.8. The predicted octanol–water partition coefficient (Wildman–Crippen LogP) is 3.92. The van der Waals surface area contributed by atoms with E-state index in [9.17, 15) is 4.79 Å². The number of methoxy groups -OCH3 is 2. The quantitative estimate of drug-likeness (QED) is 0.849. The van der Waals surface area contributed by atoms with Crippen LogP contribution < -0.4 is 14.8 Å². The Morgan fingerprint density at radius 1 is 1.23 bits per heavy atom. The third-order valence-electron chi connectivity index (χ3n) is 2.84. The Kier molecular flexibility index (Phi) is 6.53. The minimum Gasteiger partial charge on any atom is -0.496 e. The lowest BCUT2D eigenvalue weighted by Gasteiger charge is -2.22. The second-order valence-corrected chi connectivity index (χ2v) is 6.90. The van der Waals surface area contributed by atoms with E-state index in [1.165, 1.54) is 0 Å². The maximum atomic E-state index is 11.8. The van der Waals surface area contributed by atoms with Gasteiger partial charge in [-0.3, -0.25) is 0 Å². The van der Waals surface area contributed by atoms with Crippen molar-refractivity contribution in [3.05, 3.63) is 22.2 Å². The number of hydrogen-bond donors (Lipinski definition) is 1. The number of hydrogen-bond acceptors (Lipinski definition) is 4. The van der Waals surface area contributed by atoms with Crippen molar-refractivity contribution in [3.8, 4) is 11.5 Å². The molecule has 1 N–H and O–H groups in total. The van der Waals surface area contributed by atoms with Gasteiger partial charge in [0.25, 0.3) is 0 Å². The van der Waals surface area contributed by atoms with Gasteiger partial charge >= 0.3 is 6.09 Å². The zero-order chi connectivity index (χ0) is 16.9. The number of carbonyl (C=O) groups is 1. The van der Waals surface area contributed by atoms with Crippen molar-refractivity contribution >= 4 is 22.0 Å². The standard InChI is InChI=1S/C16H24BrNO4/c1-10(18-15(19)22-16(2,3)4)7-11-8-14(21-6)12(17)9-13(11)20-5/h8-10H,7H2,1-6H3,(H,18,19). The molecule has 0 saturated carbocycles. The number of amides is 1. The molecule has 0 spiro atoms. The van der Waals surface area contributed by atoms with Gasteiger partial charge in [-0.1, -0.05) is 0 Å². The summed E-state index contributed by atoms with van der Waals surface area (Å²) in [6, 6.07) is 3.65. The van der Waals surface area contributed by atoms with Crippen LogP contribution in [0.2, 0.25) is 0 Å². The third-order valence-corrected chi connectivity index (χ3v) is 3.46. The summed E-state index contributed by atoms with van der Waals surface area (Å²) in [6.45, 7) is 7.41. The maximum absolute atomic E-state index is 11.8. The second-order valence-electron chi connectivity index (χ2n) is 6.05. The van der Waals surface area contributed by atoms with Crippen molar-refractivity contribution in [2.45, 2.75) is 45.8 Å². The molecule has 6 heteroatoms. The van der Waals surface area contributed by atoms with E-state index in [1.807, 2.05) is 39.8 Å². The van der Waals surface area contributed by atoms with E-state index in [2.05, 4.69) is 21.2 Å². The fourth-order valence-electron chi connectivity index (χ4n) is 1.97.